The zero-order chi connectivity index (χ0) is 23.7. The minimum Gasteiger partial charge on any atom is -0.493 e. The van der Waals surface area contributed by atoms with Gasteiger partial charge in [-0.3, -0.25) is 4.79 Å². The fraction of sp³-hybridized carbons (Fsp3) is 0.333. The van der Waals surface area contributed by atoms with Gasteiger partial charge in [-0.1, -0.05) is 6.07 Å². The number of halogens is 1. The van der Waals surface area contributed by atoms with Crippen molar-refractivity contribution in [1.82, 2.24) is 24.6 Å². The number of aromatic nitrogens is 3. The molecule has 3 heterocycles. The predicted molar refractivity (Wildman–Crippen MR) is 120 cm³/mol. The maximum absolute atomic E-state index is 14.4. The first-order valence-corrected chi connectivity index (χ1v) is 10.7. The highest BCUT2D eigenvalue weighted by molar-refractivity contribution is 5.94. The van der Waals surface area contributed by atoms with Crippen molar-refractivity contribution in [2.24, 2.45) is 0 Å². The fourth-order valence-corrected chi connectivity index (χ4v) is 4.14. The van der Waals surface area contributed by atoms with E-state index in [1.807, 2.05) is 19.0 Å². The molecule has 3 aromatic rings. The van der Waals surface area contributed by atoms with E-state index in [0.717, 1.165) is 12.8 Å². The number of pyridine rings is 1. The molecule has 1 saturated heterocycles. The van der Waals surface area contributed by atoms with Crippen molar-refractivity contribution in [1.29, 1.82) is 5.26 Å². The van der Waals surface area contributed by atoms with E-state index in [2.05, 4.69) is 15.0 Å². The zero-order valence-electron chi connectivity index (χ0n) is 18.8. The van der Waals surface area contributed by atoms with Crippen LogP contribution < -0.4 is 0 Å². The number of benzene rings is 1. The number of rotatable bonds is 4. The van der Waals surface area contributed by atoms with Crippen LogP contribution in [0.2, 0.25) is 0 Å². The van der Waals surface area contributed by atoms with Crippen molar-refractivity contribution in [3.05, 3.63) is 59.2 Å². The molecule has 0 aliphatic carbocycles. The Kier molecular flexibility index (Phi) is 6.11. The summed E-state index contributed by atoms with van der Waals surface area (Å²) >= 11 is 0. The van der Waals surface area contributed by atoms with Crippen LogP contribution in [-0.2, 0) is 0 Å². The number of carbonyl (C=O) groups excluding carboxylic acids is 1. The van der Waals surface area contributed by atoms with E-state index in [1.165, 1.54) is 23.1 Å². The van der Waals surface area contributed by atoms with Gasteiger partial charge in [0.25, 0.3) is 5.91 Å². The van der Waals surface area contributed by atoms with Gasteiger partial charge in [0, 0.05) is 25.3 Å². The summed E-state index contributed by atoms with van der Waals surface area (Å²) in [4.78, 5) is 21.2. The van der Waals surface area contributed by atoms with Crippen molar-refractivity contribution in [3.63, 3.8) is 0 Å². The number of piperidine rings is 1. The Morgan fingerprint density at radius 2 is 2.03 bits per heavy atom. The summed E-state index contributed by atoms with van der Waals surface area (Å²) in [5.41, 5.74) is 1.41. The van der Waals surface area contributed by atoms with Crippen LogP contribution in [0.25, 0.3) is 16.9 Å². The van der Waals surface area contributed by atoms with Gasteiger partial charge >= 0.3 is 0 Å². The summed E-state index contributed by atoms with van der Waals surface area (Å²) in [5.74, 6) is -0.586. The maximum atomic E-state index is 14.4. The molecule has 33 heavy (non-hydrogen) atoms. The smallest absolute Gasteiger partial charge is 0.255 e. The Bertz CT molecular complexity index is 1230. The van der Waals surface area contributed by atoms with Gasteiger partial charge in [-0.15, -0.1) is 0 Å². The number of aromatic hydroxyl groups is 1. The van der Waals surface area contributed by atoms with Crippen LogP contribution in [0.5, 0.6) is 5.88 Å². The van der Waals surface area contributed by atoms with Crippen LogP contribution in [0, 0.1) is 24.1 Å². The molecule has 2 aromatic heterocycles. The lowest BCUT2D eigenvalue weighted by atomic mass is 10.00. The Balaban J connectivity index is 1.57. The molecule has 170 valence electrons. The largest absolute Gasteiger partial charge is 0.493 e. The van der Waals surface area contributed by atoms with Crippen LogP contribution in [0.4, 0.5) is 4.39 Å². The lowest BCUT2D eigenvalue weighted by Crippen LogP contribution is -2.47. The standard InChI is InChI=1S/C24H25FN6O2/c1-15-19(8-6-16(11-26)22(15)25)20-13-28-31(24(20)33)21-9-7-17(12-27-21)23(32)30-10-4-5-18(14-30)29(2)3/h6-9,12-13,18,33H,4-5,10,14H2,1-3H3/t18-/m0/s1. The average Bonchev–Trinajstić information content (AvgIpc) is 3.21. The number of nitriles is 1. The van der Waals surface area contributed by atoms with Crippen molar-refractivity contribution in [2.45, 2.75) is 25.8 Å². The van der Waals surface area contributed by atoms with E-state index in [4.69, 9.17) is 5.26 Å². The second-order valence-electron chi connectivity index (χ2n) is 8.42. The van der Waals surface area contributed by atoms with Gasteiger partial charge in [0.05, 0.1) is 22.9 Å². The Hall–Kier alpha value is -3.77. The molecule has 1 aliphatic heterocycles. The minimum absolute atomic E-state index is 0.0596. The van der Waals surface area contributed by atoms with Gasteiger partial charge in [0.15, 0.2) is 5.82 Å². The summed E-state index contributed by atoms with van der Waals surface area (Å²) in [5, 5.41) is 23.9. The molecule has 1 N–H and O–H groups in total. The summed E-state index contributed by atoms with van der Waals surface area (Å²) in [6.45, 7) is 2.94. The van der Waals surface area contributed by atoms with Gasteiger partial charge in [-0.05, 0) is 63.2 Å². The Morgan fingerprint density at radius 3 is 2.70 bits per heavy atom. The summed E-state index contributed by atoms with van der Waals surface area (Å²) in [7, 11) is 4.04. The van der Waals surface area contributed by atoms with Gasteiger partial charge in [-0.2, -0.15) is 15.0 Å². The second kappa shape index (κ2) is 9.00. The lowest BCUT2D eigenvalue weighted by Gasteiger charge is -2.36. The molecular formula is C24H25FN6O2. The maximum Gasteiger partial charge on any atom is 0.255 e. The number of hydrogen-bond acceptors (Lipinski definition) is 6. The molecule has 0 unspecified atom stereocenters. The highest BCUT2D eigenvalue weighted by atomic mass is 19.1. The Morgan fingerprint density at radius 1 is 1.24 bits per heavy atom. The van der Waals surface area contributed by atoms with Gasteiger partial charge in [0.1, 0.15) is 11.9 Å². The number of amides is 1. The van der Waals surface area contributed by atoms with Crippen LogP contribution in [0.15, 0.2) is 36.7 Å². The number of carbonyl (C=O) groups is 1. The van der Waals surface area contributed by atoms with E-state index in [1.54, 1.807) is 31.2 Å². The average molecular weight is 449 g/mol. The van der Waals surface area contributed by atoms with Crippen molar-refractivity contribution in [3.8, 4) is 28.9 Å². The van der Waals surface area contributed by atoms with Crippen LogP contribution in [-0.4, -0.2) is 68.8 Å². The molecule has 4 rings (SSSR count). The van der Waals surface area contributed by atoms with E-state index >= 15 is 0 Å². The van der Waals surface area contributed by atoms with Gasteiger partial charge in [0.2, 0.25) is 5.88 Å². The molecule has 1 aliphatic rings. The van der Waals surface area contributed by atoms with Crippen molar-refractivity contribution in [2.75, 3.05) is 27.2 Å². The van der Waals surface area contributed by atoms with Gasteiger partial charge < -0.3 is 14.9 Å². The van der Waals surface area contributed by atoms with E-state index in [9.17, 15) is 14.3 Å². The number of likely N-dealkylation sites (N-methyl/N-ethyl adjacent to an activating group) is 1. The number of nitrogens with zero attached hydrogens (tertiary/aromatic N) is 6. The minimum atomic E-state index is -0.627. The Labute approximate surface area is 191 Å². The third-order valence-corrected chi connectivity index (χ3v) is 6.17. The number of hydrogen-bond donors (Lipinski definition) is 1. The number of likely N-dealkylation sites (tertiary alicyclic amines) is 1. The van der Waals surface area contributed by atoms with Crippen LogP contribution >= 0.6 is 0 Å². The third-order valence-electron chi connectivity index (χ3n) is 6.17. The van der Waals surface area contributed by atoms with Gasteiger partial charge in [-0.25, -0.2) is 9.37 Å². The first kappa shape index (κ1) is 22.4. The molecule has 8 nitrogen and oxygen atoms in total. The first-order chi connectivity index (χ1) is 15.8. The molecule has 0 radical (unpaired) electrons. The van der Waals surface area contributed by atoms with Crippen LogP contribution in [0.3, 0.4) is 0 Å². The molecule has 0 spiro atoms. The van der Waals surface area contributed by atoms with E-state index in [0.29, 0.717) is 41.6 Å². The third kappa shape index (κ3) is 4.17. The predicted octanol–water partition coefficient (Wildman–Crippen LogP) is 3.13. The molecule has 9 heteroatoms. The quantitative estimate of drug-likeness (QED) is 0.659. The monoisotopic (exact) mass is 448 g/mol. The fourth-order valence-electron chi connectivity index (χ4n) is 4.14. The molecule has 1 amide bonds. The molecule has 1 aromatic carbocycles. The first-order valence-electron chi connectivity index (χ1n) is 10.7. The van der Waals surface area contributed by atoms with E-state index in [-0.39, 0.29) is 22.9 Å². The zero-order valence-corrected chi connectivity index (χ0v) is 18.8. The van der Waals surface area contributed by atoms with E-state index < -0.39 is 5.82 Å². The molecule has 0 bridgehead atoms. The second-order valence-corrected chi connectivity index (χ2v) is 8.42. The summed E-state index contributed by atoms with van der Waals surface area (Å²) in [6, 6.07) is 8.37. The highest BCUT2D eigenvalue weighted by Gasteiger charge is 2.26. The SMILES string of the molecule is Cc1c(-c2cnn(-c3ccc(C(=O)N4CCC[C@H](N(C)C)C4)cn3)c2O)ccc(C#N)c1F. The molecular weight excluding hydrogens is 423 g/mol. The molecule has 1 fully saturated rings. The lowest BCUT2D eigenvalue weighted by molar-refractivity contribution is 0.0634. The topological polar surface area (TPSA) is 98.3 Å². The van der Waals surface area contributed by atoms with Crippen molar-refractivity contribution < 1.29 is 14.3 Å². The normalized spacial score (nSPS) is 16.1. The molecule has 1 atom stereocenters. The highest BCUT2D eigenvalue weighted by Crippen LogP contribution is 2.34. The van der Waals surface area contributed by atoms with Crippen LogP contribution in [0.1, 0.15) is 34.3 Å². The van der Waals surface area contributed by atoms with Crippen molar-refractivity contribution >= 4 is 5.91 Å². The summed E-state index contributed by atoms with van der Waals surface area (Å²) < 4.78 is 15.6. The molecule has 0 saturated carbocycles. The summed E-state index contributed by atoms with van der Waals surface area (Å²) in [6.07, 6.45) is 4.92.